The van der Waals surface area contributed by atoms with Gasteiger partial charge in [0, 0.05) is 0 Å². The van der Waals surface area contributed by atoms with Crippen molar-refractivity contribution >= 4 is 10.8 Å². The molecule has 0 unspecified atom stereocenters. The van der Waals surface area contributed by atoms with Crippen molar-refractivity contribution in [2.24, 2.45) is 0 Å². The zero-order valence-electron chi connectivity index (χ0n) is 13.9. The second kappa shape index (κ2) is 4.82. The van der Waals surface area contributed by atoms with Gasteiger partial charge in [0.15, 0.2) is 0 Å². The second-order valence-corrected chi connectivity index (χ2v) is 6.69. The molecule has 1 aliphatic carbocycles. The molecule has 0 fully saturated rings. The van der Waals surface area contributed by atoms with Gasteiger partial charge in [-0.15, -0.1) is 0 Å². The fourth-order valence-electron chi connectivity index (χ4n) is 4.28. The standard InChI is InChI=1S/C24H18/c1-15-14-21(17-8-4-3-5-9-17)16(2)23-20-13-7-11-18-10-6-12-19(22(15)23)24(18)20/h3-14H,1-2H3. The molecule has 0 atom stereocenters. The topological polar surface area (TPSA) is 0 Å². The predicted molar refractivity (Wildman–Crippen MR) is 103 cm³/mol. The molecule has 0 aliphatic heterocycles. The smallest absolute Gasteiger partial charge is 0.00262 e. The van der Waals surface area contributed by atoms with E-state index in [0.29, 0.717) is 0 Å². The van der Waals surface area contributed by atoms with Crippen LogP contribution in [0.5, 0.6) is 0 Å². The van der Waals surface area contributed by atoms with Crippen LogP contribution in [0, 0.1) is 13.8 Å². The first-order chi connectivity index (χ1) is 11.8. The highest BCUT2D eigenvalue weighted by atomic mass is 14.3. The van der Waals surface area contributed by atoms with Gasteiger partial charge in [-0.05, 0) is 69.1 Å². The Kier molecular flexibility index (Phi) is 2.72. The Morgan fingerprint density at radius 3 is 1.96 bits per heavy atom. The third-order valence-electron chi connectivity index (χ3n) is 5.31. The summed E-state index contributed by atoms with van der Waals surface area (Å²) in [7, 11) is 0. The van der Waals surface area contributed by atoms with Crippen molar-refractivity contribution in [3.8, 4) is 33.4 Å². The molecule has 0 N–H and O–H groups in total. The number of rotatable bonds is 1. The molecule has 0 saturated carbocycles. The first-order valence-corrected chi connectivity index (χ1v) is 8.48. The largest absolute Gasteiger partial charge is 0.0622 e. The minimum atomic E-state index is 1.30. The van der Waals surface area contributed by atoms with Crippen LogP contribution in [0.25, 0.3) is 44.2 Å². The molecule has 24 heavy (non-hydrogen) atoms. The first kappa shape index (κ1) is 13.6. The second-order valence-electron chi connectivity index (χ2n) is 6.69. The van der Waals surface area contributed by atoms with Crippen LogP contribution in [0.1, 0.15) is 11.1 Å². The summed E-state index contributed by atoms with van der Waals surface area (Å²) in [6.07, 6.45) is 0. The number of hydrogen-bond donors (Lipinski definition) is 0. The number of benzene rings is 4. The maximum absolute atomic E-state index is 2.36. The van der Waals surface area contributed by atoms with E-state index in [2.05, 4.69) is 86.6 Å². The van der Waals surface area contributed by atoms with Gasteiger partial charge in [-0.2, -0.15) is 0 Å². The molecular formula is C24H18. The average molecular weight is 306 g/mol. The van der Waals surface area contributed by atoms with Gasteiger partial charge in [0.1, 0.15) is 0 Å². The SMILES string of the molecule is Cc1cc(-c2ccccc2)c(C)c2c1-c1cccc3cccc-2c13. The molecule has 114 valence electrons. The maximum Gasteiger partial charge on any atom is -0.00262 e. The van der Waals surface area contributed by atoms with Crippen LogP contribution >= 0.6 is 0 Å². The van der Waals surface area contributed by atoms with Crippen LogP contribution in [-0.2, 0) is 0 Å². The van der Waals surface area contributed by atoms with Crippen LogP contribution in [0.15, 0.2) is 72.8 Å². The molecule has 5 rings (SSSR count). The van der Waals surface area contributed by atoms with E-state index in [1.54, 1.807) is 0 Å². The molecule has 4 aromatic rings. The van der Waals surface area contributed by atoms with Crippen molar-refractivity contribution in [3.63, 3.8) is 0 Å². The molecule has 0 saturated heterocycles. The van der Waals surface area contributed by atoms with Gasteiger partial charge in [0.25, 0.3) is 0 Å². The Morgan fingerprint density at radius 2 is 1.25 bits per heavy atom. The van der Waals surface area contributed by atoms with Gasteiger partial charge in [-0.1, -0.05) is 72.8 Å². The molecule has 0 amide bonds. The van der Waals surface area contributed by atoms with E-state index in [0.717, 1.165) is 0 Å². The van der Waals surface area contributed by atoms with Crippen LogP contribution < -0.4 is 0 Å². The summed E-state index contributed by atoms with van der Waals surface area (Å²) in [4.78, 5) is 0. The lowest BCUT2D eigenvalue weighted by atomic mass is 9.88. The first-order valence-electron chi connectivity index (χ1n) is 8.48. The molecule has 0 radical (unpaired) electrons. The minimum Gasteiger partial charge on any atom is -0.0622 e. The fourth-order valence-corrected chi connectivity index (χ4v) is 4.28. The molecule has 0 spiro atoms. The van der Waals surface area contributed by atoms with Gasteiger partial charge in [0.05, 0.1) is 0 Å². The zero-order valence-corrected chi connectivity index (χ0v) is 13.9. The Labute approximate surface area is 142 Å². The van der Waals surface area contributed by atoms with E-state index in [1.807, 2.05) is 0 Å². The van der Waals surface area contributed by atoms with E-state index in [1.165, 1.54) is 55.3 Å². The van der Waals surface area contributed by atoms with Crippen molar-refractivity contribution in [3.05, 3.63) is 83.9 Å². The average Bonchev–Trinajstić information content (AvgIpc) is 2.97. The van der Waals surface area contributed by atoms with Gasteiger partial charge in [-0.25, -0.2) is 0 Å². The fraction of sp³-hybridized carbons (Fsp3) is 0.0833. The van der Waals surface area contributed by atoms with Crippen molar-refractivity contribution in [1.29, 1.82) is 0 Å². The molecule has 0 heterocycles. The highest BCUT2D eigenvalue weighted by Crippen LogP contribution is 2.51. The van der Waals surface area contributed by atoms with Gasteiger partial charge in [-0.3, -0.25) is 0 Å². The summed E-state index contributed by atoms with van der Waals surface area (Å²) < 4.78 is 0. The summed E-state index contributed by atoms with van der Waals surface area (Å²) in [6, 6.07) is 26.4. The zero-order chi connectivity index (χ0) is 16.3. The van der Waals surface area contributed by atoms with Gasteiger partial charge < -0.3 is 0 Å². The Morgan fingerprint density at radius 1 is 0.583 bits per heavy atom. The third-order valence-corrected chi connectivity index (χ3v) is 5.31. The number of fused-ring (bicyclic) bond motifs is 3. The number of aryl methyl sites for hydroxylation is 1. The summed E-state index contributed by atoms with van der Waals surface area (Å²) in [5.41, 5.74) is 11.0. The Bertz CT molecular complexity index is 1100. The molecule has 0 bridgehead atoms. The molecule has 0 nitrogen and oxygen atoms in total. The van der Waals surface area contributed by atoms with Crippen LogP contribution in [0.2, 0.25) is 0 Å². The van der Waals surface area contributed by atoms with E-state index < -0.39 is 0 Å². The molecular weight excluding hydrogens is 288 g/mol. The quantitative estimate of drug-likeness (QED) is 0.320. The third kappa shape index (κ3) is 1.68. The van der Waals surface area contributed by atoms with Crippen LogP contribution in [0.4, 0.5) is 0 Å². The monoisotopic (exact) mass is 306 g/mol. The number of hydrogen-bond acceptors (Lipinski definition) is 0. The summed E-state index contributed by atoms with van der Waals surface area (Å²) in [6.45, 7) is 4.51. The molecule has 4 aromatic carbocycles. The lowest BCUT2D eigenvalue weighted by molar-refractivity contribution is 1.40. The van der Waals surface area contributed by atoms with Gasteiger partial charge in [0.2, 0.25) is 0 Å². The van der Waals surface area contributed by atoms with Crippen LogP contribution in [-0.4, -0.2) is 0 Å². The molecule has 0 aromatic heterocycles. The highest BCUT2D eigenvalue weighted by molar-refractivity contribution is 6.17. The molecule has 0 heteroatoms. The summed E-state index contributed by atoms with van der Waals surface area (Å²) in [5.74, 6) is 0. The predicted octanol–water partition coefficient (Wildman–Crippen LogP) is 6.77. The van der Waals surface area contributed by atoms with E-state index in [4.69, 9.17) is 0 Å². The maximum atomic E-state index is 2.36. The van der Waals surface area contributed by atoms with Gasteiger partial charge >= 0.3 is 0 Å². The lowest BCUT2D eigenvalue weighted by Crippen LogP contribution is -1.92. The van der Waals surface area contributed by atoms with Crippen molar-refractivity contribution in [2.45, 2.75) is 13.8 Å². The minimum absolute atomic E-state index is 1.30. The Balaban J connectivity index is 1.92. The summed E-state index contributed by atoms with van der Waals surface area (Å²) in [5, 5.41) is 2.74. The normalized spacial score (nSPS) is 11.8. The van der Waals surface area contributed by atoms with Crippen LogP contribution in [0.3, 0.4) is 0 Å². The Hall–Kier alpha value is -2.86. The van der Waals surface area contributed by atoms with E-state index in [-0.39, 0.29) is 0 Å². The van der Waals surface area contributed by atoms with Crippen molar-refractivity contribution in [1.82, 2.24) is 0 Å². The summed E-state index contributed by atoms with van der Waals surface area (Å²) >= 11 is 0. The van der Waals surface area contributed by atoms with E-state index >= 15 is 0 Å². The van der Waals surface area contributed by atoms with Crippen molar-refractivity contribution < 1.29 is 0 Å². The molecule has 1 aliphatic rings. The highest BCUT2D eigenvalue weighted by Gasteiger charge is 2.25. The van der Waals surface area contributed by atoms with E-state index in [9.17, 15) is 0 Å². The lowest BCUT2D eigenvalue weighted by Gasteiger charge is -2.15. The van der Waals surface area contributed by atoms with Crippen molar-refractivity contribution in [2.75, 3.05) is 0 Å².